The number of benzene rings is 1. The average molecular weight is 374 g/mol. The number of hydrogen-bond acceptors (Lipinski definition) is 7. The van der Waals surface area contributed by atoms with Crippen molar-refractivity contribution in [2.24, 2.45) is 7.05 Å². The maximum absolute atomic E-state index is 12.5. The van der Waals surface area contributed by atoms with Gasteiger partial charge in [-0.2, -0.15) is 4.98 Å². The van der Waals surface area contributed by atoms with Crippen LogP contribution in [0.4, 0.5) is 5.95 Å². The number of hydrogen-bond donors (Lipinski definition) is 1. The van der Waals surface area contributed by atoms with E-state index >= 15 is 0 Å². The van der Waals surface area contributed by atoms with Crippen molar-refractivity contribution in [1.82, 2.24) is 14.8 Å². The molecule has 0 saturated carbocycles. The molecule has 26 heavy (non-hydrogen) atoms. The zero-order valence-corrected chi connectivity index (χ0v) is 15.6. The van der Waals surface area contributed by atoms with Crippen molar-refractivity contribution in [1.29, 1.82) is 0 Å². The molecule has 0 atom stereocenters. The van der Waals surface area contributed by atoms with E-state index in [4.69, 9.17) is 9.15 Å². The zero-order valence-electron chi connectivity index (χ0n) is 14.8. The van der Waals surface area contributed by atoms with Crippen LogP contribution in [0.1, 0.15) is 24.2 Å². The van der Waals surface area contributed by atoms with Crippen LogP contribution < -0.4 is 15.7 Å². The van der Waals surface area contributed by atoms with Crippen molar-refractivity contribution in [3.63, 3.8) is 0 Å². The van der Waals surface area contributed by atoms with E-state index < -0.39 is 11.5 Å². The van der Waals surface area contributed by atoms with Crippen LogP contribution in [0.3, 0.4) is 0 Å². The summed E-state index contributed by atoms with van der Waals surface area (Å²) >= 11 is 1.35. The van der Waals surface area contributed by atoms with Gasteiger partial charge in [0.2, 0.25) is 11.1 Å². The van der Waals surface area contributed by atoms with E-state index in [9.17, 15) is 9.59 Å². The first kappa shape index (κ1) is 18.0. The first-order chi connectivity index (χ1) is 12.4. The van der Waals surface area contributed by atoms with Gasteiger partial charge in [-0.3, -0.25) is 10.1 Å². The van der Waals surface area contributed by atoms with E-state index in [0.717, 1.165) is 0 Å². The number of aryl methyl sites for hydroxylation is 1. The zero-order chi connectivity index (χ0) is 18.8. The number of carbonyl (C=O) groups excluding carboxylic acids is 1. The Labute approximate surface area is 153 Å². The minimum Gasteiger partial charge on any atom is -0.491 e. The molecular weight excluding hydrogens is 356 g/mol. The van der Waals surface area contributed by atoms with E-state index in [-0.39, 0.29) is 17.6 Å². The fourth-order valence-corrected chi connectivity index (χ4v) is 2.70. The topological polar surface area (TPSA) is 99.3 Å². The molecule has 1 N–H and O–H groups in total. The van der Waals surface area contributed by atoms with Gasteiger partial charge in [0.15, 0.2) is 0 Å². The molecule has 8 nitrogen and oxygen atoms in total. The molecule has 0 bridgehead atoms. The molecule has 0 aliphatic heterocycles. The Hall–Kier alpha value is -2.81. The van der Waals surface area contributed by atoms with Gasteiger partial charge in [0.05, 0.1) is 6.10 Å². The summed E-state index contributed by atoms with van der Waals surface area (Å²) in [6.45, 7) is 3.81. The molecule has 1 aromatic carbocycles. The molecule has 0 aliphatic carbocycles. The van der Waals surface area contributed by atoms with Crippen LogP contribution in [0, 0.1) is 0 Å². The Bertz CT molecular complexity index is 1030. The third kappa shape index (κ3) is 3.72. The third-order valence-electron chi connectivity index (χ3n) is 3.48. The van der Waals surface area contributed by atoms with Gasteiger partial charge >= 0.3 is 5.63 Å². The van der Waals surface area contributed by atoms with Gasteiger partial charge in [0, 0.05) is 18.5 Å². The molecular formula is C17H18N4O4S. The fourth-order valence-electron chi connectivity index (χ4n) is 2.32. The number of nitrogens with zero attached hydrogens (tertiary/aromatic N) is 3. The first-order valence-electron chi connectivity index (χ1n) is 7.88. The molecule has 2 heterocycles. The van der Waals surface area contributed by atoms with Gasteiger partial charge in [-0.05, 0) is 38.3 Å². The van der Waals surface area contributed by atoms with Crippen LogP contribution in [-0.4, -0.2) is 33.0 Å². The predicted octanol–water partition coefficient (Wildman–Crippen LogP) is 2.68. The quantitative estimate of drug-likeness (QED) is 0.541. The number of nitrogens with one attached hydrogen (secondary N) is 1. The summed E-state index contributed by atoms with van der Waals surface area (Å²) in [6.07, 6.45) is 1.83. The second kappa shape index (κ2) is 7.20. The van der Waals surface area contributed by atoms with E-state index in [1.165, 1.54) is 22.5 Å². The van der Waals surface area contributed by atoms with Crippen LogP contribution in [0.15, 0.2) is 38.6 Å². The van der Waals surface area contributed by atoms with Crippen molar-refractivity contribution in [3.05, 3.63) is 40.2 Å². The lowest BCUT2D eigenvalue weighted by Crippen LogP contribution is -2.22. The van der Waals surface area contributed by atoms with E-state index in [1.807, 2.05) is 20.1 Å². The number of thioether (sulfide) groups is 1. The number of aromatic nitrogens is 3. The molecule has 0 aliphatic rings. The smallest absolute Gasteiger partial charge is 0.349 e. The molecule has 3 rings (SSSR count). The van der Waals surface area contributed by atoms with Gasteiger partial charge in [-0.25, -0.2) is 9.48 Å². The molecule has 136 valence electrons. The maximum Gasteiger partial charge on any atom is 0.349 e. The van der Waals surface area contributed by atoms with Crippen molar-refractivity contribution in [3.8, 4) is 5.75 Å². The van der Waals surface area contributed by atoms with Crippen LogP contribution >= 0.6 is 11.8 Å². The SMILES string of the molecule is CSc1nc(NC(=O)c2cc3ccc(OC(C)C)cc3oc2=O)n(C)n1. The molecule has 0 spiro atoms. The van der Waals surface area contributed by atoms with Crippen LogP contribution in [0.5, 0.6) is 5.75 Å². The van der Waals surface area contributed by atoms with Crippen molar-refractivity contribution < 1.29 is 13.9 Å². The minimum absolute atomic E-state index is 0.00166. The highest BCUT2D eigenvalue weighted by atomic mass is 32.2. The fraction of sp³-hybridized carbons (Fsp3) is 0.294. The molecule has 2 aromatic heterocycles. The Morgan fingerprint density at radius 1 is 1.35 bits per heavy atom. The third-order valence-corrected chi connectivity index (χ3v) is 4.01. The predicted molar refractivity (Wildman–Crippen MR) is 99.0 cm³/mol. The second-order valence-corrected chi connectivity index (χ2v) is 6.59. The van der Waals surface area contributed by atoms with Gasteiger partial charge in [0.25, 0.3) is 5.91 Å². The highest BCUT2D eigenvalue weighted by Gasteiger charge is 2.17. The van der Waals surface area contributed by atoms with Gasteiger partial charge in [-0.15, -0.1) is 5.10 Å². The summed E-state index contributed by atoms with van der Waals surface area (Å²) in [7, 11) is 1.65. The number of carbonyl (C=O) groups is 1. The molecule has 0 saturated heterocycles. The summed E-state index contributed by atoms with van der Waals surface area (Å²) < 4.78 is 12.3. The van der Waals surface area contributed by atoms with Crippen molar-refractivity contribution >= 4 is 34.6 Å². The highest BCUT2D eigenvalue weighted by molar-refractivity contribution is 7.98. The lowest BCUT2D eigenvalue weighted by molar-refractivity contribution is 0.102. The monoisotopic (exact) mass is 374 g/mol. The van der Waals surface area contributed by atoms with Crippen LogP contribution in [0.25, 0.3) is 11.0 Å². The van der Waals surface area contributed by atoms with Crippen LogP contribution in [0.2, 0.25) is 0 Å². The Morgan fingerprint density at radius 3 is 2.77 bits per heavy atom. The Morgan fingerprint density at radius 2 is 2.12 bits per heavy atom. The Balaban J connectivity index is 1.91. The molecule has 0 fully saturated rings. The number of amides is 1. The summed E-state index contributed by atoms with van der Waals surface area (Å²) in [5, 5.41) is 7.83. The van der Waals surface area contributed by atoms with Crippen LogP contribution in [-0.2, 0) is 7.05 Å². The number of fused-ring (bicyclic) bond motifs is 1. The van der Waals surface area contributed by atoms with Gasteiger partial charge < -0.3 is 9.15 Å². The summed E-state index contributed by atoms with van der Waals surface area (Å²) in [5.41, 5.74) is -0.485. The number of rotatable bonds is 5. The Kier molecular flexibility index (Phi) is 4.99. The summed E-state index contributed by atoms with van der Waals surface area (Å²) in [4.78, 5) is 28.8. The highest BCUT2D eigenvalue weighted by Crippen LogP contribution is 2.22. The molecule has 1 amide bonds. The molecule has 3 aromatic rings. The van der Waals surface area contributed by atoms with Crippen molar-refractivity contribution in [2.75, 3.05) is 11.6 Å². The second-order valence-electron chi connectivity index (χ2n) is 5.81. The summed E-state index contributed by atoms with van der Waals surface area (Å²) in [6, 6.07) is 6.62. The van der Waals surface area contributed by atoms with E-state index in [2.05, 4.69) is 15.4 Å². The standard InChI is InChI=1S/C17H18N4O4S/c1-9(2)24-11-6-5-10-7-12(15(23)25-13(10)8-11)14(22)18-16-19-17(26-4)20-21(16)3/h5-9H,1-4H3,(H,18,19,20,22). The molecule has 0 radical (unpaired) electrons. The molecule has 9 heteroatoms. The van der Waals surface area contributed by atoms with E-state index in [0.29, 0.717) is 21.9 Å². The van der Waals surface area contributed by atoms with Crippen molar-refractivity contribution in [2.45, 2.75) is 25.1 Å². The maximum atomic E-state index is 12.5. The first-order valence-corrected chi connectivity index (χ1v) is 9.11. The number of anilines is 1. The lowest BCUT2D eigenvalue weighted by Gasteiger charge is -2.10. The van der Waals surface area contributed by atoms with Gasteiger partial charge in [-0.1, -0.05) is 11.8 Å². The largest absolute Gasteiger partial charge is 0.491 e. The molecule has 0 unspecified atom stereocenters. The van der Waals surface area contributed by atoms with E-state index in [1.54, 1.807) is 25.2 Å². The van der Waals surface area contributed by atoms with Gasteiger partial charge in [0.1, 0.15) is 16.9 Å². The minimum atomic E-state index is -0.732. The normalized spacial score (nSPS) is 11.1. The summed E-state index contributed by atoms with van der Waals surface area (Å²) in [5.74, 6) is 0.238. The average Bonchev–Trinajstić information content (AvgIpc) is 2.93. The lowest BCUT2D eigenvalue weighted by atomic mass is 10.1. The number of ether oxygens (including phenoxy) is 1.